The van der Waals surface area contributed by atoms with Crippen molar-refractivity contribution in [3.63, 3.8) is 0 Å². The fourth-order valence-corrected chi connectivity index (χ4v) is 2.25. The molecule has 0 aromatic heterocycles. The van der Waals surface area contributed by atoms with Crippen molar-refractivity contribution < 1.29 is 0 Å². The van der Waals surface area contributed by atoms with Crippen LogP contribution in [0.2, 0.25) is 0 Å². The third kappa shape index (κ3) is 12.7. The lowest BCUT2D eigenvalue weighted by Gasteiger charge is -2.04. The van der Waals surface area contributed by atoms with Crippen LogP contribution >= 0.6 is 22.6 Å². The highest BCUT2D eigenvalue weighted by atomic mass is 127. The summed E-state index contributed by atoms with van der Waals surface area (Å²) in [6.07, 6.45) is 13.1. The van der Waals surface area contributed by atoms with Gasteiger partial charge < -0.3 is 0 Å². The zero-order valence-electron chi connectivity index (χ0n) is 10.0. The Morgan fingerprint density at radius 2 is 1.14 bits per heavy atom. The van der Waals surface area contributed by atoms with Crippen LogP contribution in [0.1, 0.15) is 71.6 Å². The molecule has 86 valence electrons. The van der Waals surface area contributed by atoms with Crippen LogP contribution in [0.4, 0.5) is 0 Å². The van der Waals surface area contributed by atoms with Gasteiger partial charge in [-0.25, -0.2) is 0 Å². The van der Waals surface area contributed by atoms with Crippen LogP contribution in [0.5, 0.6) is 0 Å². The quantitative estimate of drug-likeness (QED) is 0.280. The van der Waals surface area contributed by atoms with E-state index in [9.17, 15) is 0 Å². The molecule has 0 bridgehead atoms. The van der Waals surface area contributed by atoms with Crippen LogP contribution in [0, 0.1) is 5.92 Å². The molecule has 0 saturated carbocycles. The number of alkyl halides is 1. The van der Waals surface area contributed by atoms with Gasteiger partial charge >= 0.3 is 0 Å². The van der Waals surface area contributed by atoms with Crippen LogP contribution < -0.4 is 0 Å². The first kappa shape index (κ1) is 14.7. The minimum absolute atomic E-state index is 0.902. The Bertz CT molecular complexity index is 99.4. The Balaban J connectivity index is 2.85. The largest absolute Gasteiger partial charge is 0.0864 e. The summed E-state index contributed by atoms with van der Waals surface area (Å²) in [5, 5.41) is 0. The minimum Gasteiger partial charge on any atom is -0.0864 e. The van der Waals surface area contributed by atoms with Crippen molar-refractivity contribution in [2.45, 2.75) is 71.6 Å². The van der Waals surface area contributed by atoms with Crippen molar-refractivity contribution in [3.05, 3.63) is 0 Å². The van der Waals surface area contributed by atoms with Gasteiger partial charge in [-0.2, -0.15) is 0 Å². The van der Waals surface area contributed by atoms with Crippen LogP contribution in [0.25, 0.3) is 0 Å². The van der Waals surface area contributed by atoms with Gasteiger partial charge in [0.2, 0.25) is 0 Å². The Morgan fingerprint density at radius 3 is 1.57 bits per heavy atom. The van der Waals surface area contributed by atoms with Crippen LogP contribution in [-0.4, -0.2) is 4.43 Å². The second kappa shape index (κ2) is 11.8. The molecule has 0 unspecified atom stereocenters. The normalized spacial score (nSPS) is 11.1. The maximum atomic E-state index is 2.47. The molecule has 0 rings (SSSR count). The minimum atomic E-state index is 0.902. The molecular weight excluding hydrogens is 283 g/mol. The topological polar surface area (TPSA) is 0 Å². The van der Waals surface area contributed by atoms with Gasteiger partial charge in [0, 0.05) is 0 Å². The zero-order chi connectivity index (χ0) is 10.6. The third-order valence-corrected chi connectivity index (χ3v) is 3.43. The molecule has 0 atom stereocenters. The molecule has 0 fully saturated rings. The molecule has 0 aromatic rings. The first-order chi connectivity index (χ1) is 6.77. The molecule has 0 N–H and O–H groups in total. The van der Waals surface area contributed by atoms with E-state index in [1.165, 1.54) is 62.2 Å². The molecule has 0 spiro atoms. The van der Waals surface area contributed by atoms with Crippen LogP contribution in [0.3, 0.4) is 0 Å². The molecule has 0 aliphatic rings. The summed E-state index contributed by atoms with van der Waals surface area (Å²) in [5.41, 5.74) is 0. The van der Waals surface area contributed by atoms with Gasteiger partial charge in [0.25, 0.3) is 0 Å². The fourth-order valence-electron chi connectivity index (χ4n) is 1.71. The van der Waals surface area contributed by atoms with Gasteiger partial charge in [-0.05, 0) is 16.8 Å². The van der Waals surface area contributed by atoms with E-state index < -0.39 is 0 Å². The van der Waals surface area contributed by atoms with Crippen molar-refractivity contribution in [2.24, 2.45) is 5.92 Å². The first-order valence-corrected chi connectivity index (χ1v) is 7.86. The third-order valence-electron chi connectivity index (χ3n) is 2.67. The predicted molar refractivity (Wildman–Crippen MR) is 75.3 cm³/mol. The van der Waals surface area contributed by atoms with Gasteiger partial charge in [-0.3, -0.25) is 0 Å². The lowest BCUT2D eigenvalue weighted by molar-refractivity contribution is 0.509. The van der Waals surface area contributed by atoms with E-state index in [-0.39, 0.29) is 0 Å². The molecule has 0 aromatic carbocycles. The zero-order valence-corrected chi connectivity index (χ0v) is 12.2. The first-order valence-electron chi connectivity index (χ1n) is 6.33. The van der Waals surface area contributed by atoms with Gasteiger partial charge in [0.1, 0.15) is 0 Å². The summed E-state index contributed by atoms with van der Waals surface area (Å²) >= 11 is 2.47. The summed E-state index contributed by atoms with van der Waals surface area (Å²) in [6.45, 7) is 4.65. The van der Waals surface area contributed by atoms with Gasteiger partial charge in [-0.1, -0.05) is 87.8 Å². The molecule has 0 nitrogen and oxygen atoms in total. The highest BCUT2D eigenvalue weighted by Crippen LogP contribution is 2.12. The van der Waals surface area contributed by atoms with E-state index in [1.807, 2.05) is 0 Å². The molecule has 0 amide bonds. The van der Waals surface area contributed by atoms with Crippen molar-refractivity contribution in [2.75, 3.05) is 4.43 Å². The highest BCUT2D eigenvalue weighted by Gasteiger charge is 1.94. The summed E-state index contributed by atoms with van der Waals surface area (Å²) in [6, 6.07) is 0. The molecule has 0 saturated heterocycles. The van der Waals surface area contributed by atoms with Crippen LogP contribution in [0.15, 0.2) is 0 Å². The average molecular weight is 310 g/mol. The molecule has 14 heavy (non-hydrogen) atoms. The summed E-state index contributed by atoms with van der Waals surface area (Å²) < 4.78 is 1.34. The average Bonchev–Trinajstić information content (AvgIpc) is 2.15. The van der Waals surface area contributed by atoms with Crippen LogP contribution in [-0.2, 0) is 0 Å². The number of hydrogen-bond acceptors (Lipinski definition) is 0. The van der Waals surface area contributed by atoms with E-state index in [2.05, 4.69) is 36.4 Å². The number of halogens is 1. The Morgan fingerprint density at radius 1 is 0.714 bits per heavy atom. The maximum Gasteiger partial charge on any atom is -0.000473 e. The molecule has 0 heterocycles. The number of hydrogen-bond donors (Lipinski definition) is 0. The van der Waals surface area contributed by atoms with E-state index in [0.29, 0.717) is 0 Å². The number of rotatable bonds is 10. The van der Waals surface area contributed by atoms with Crippen molar-refractivity contribution in [1.29, 1.82) is 0 Å². The monoisotopic (exact) mass is 310 g/mol. The smallest absolute Gasteiger partial charge is 0.000473 e. The van der Waals surface area contributed by atoms with E-state index in [1.54, 1.807) is 0 Å². The fraction of sp³-hybridized carbons (Fsp3) is 1.00. The lowest BCUT2D eigenvalue weighted by Crippen LogP contribution is -1.87. The summed E-state index contributed by atoms with van der Waals surface area (Å²) in [5.74, 6) is 0.902. The van der Waals surface area contributed by atoms with Gasteiger partial charge in [-0.15, -0.1) is 0 Å². The maximum absolute atomic E-state index is 2.47. The molecule has 0 aliphatic carbocycles. The lowest BCUT2D eigenvalue weighted by atomic mass is 10.0. The van der Waals surface area contributed by atoms with E-state index >= 15 is 0 Å². The second-order valence-corrected chi connectivity index (χ2v) is 5.78. The Kier molecular flexibility index (Phi) is 12.4. The Hall–Kier alpha value is 0.730. The summed E-state index contributed by atoms with van der Waals surface area (Å²) in [7, 11) is 0. The second-order valence-electron chi connectivity index (χ2n) is 4.70. The van der Waals surface area contributed by atoms with Crippen molar-refractivity contribution in [3.8, 4) is 0 Å². The van der Waals surface area contributed by atoms with Crippen molar-refractivity contribution in [1.82, 2.24) is 0 Å². The molecule has 0 radical (unpaired) electrons. The summed E-state index contributed by atoms with van der Waals surface area (Å²) in [4.78, 5) is 0. The van der Waals surface area contributed by atoms with E-state index in [0.717, 1.165) is 5.92 Å². The number of unbranched alkanes of at least 4 members (excludes halogenated alkanes) is 7. The predicted octanol–water partition coefficient (Wildman–Crippen LogP) is 5.59. The highest BCUT2D eigenvalue weighted by molar-refractivity contribution is 14.1. The molecular formula is C13H27I. The van der Waals surface area contributed by atoms with Crippen molar-refractivity contribution >= 4 is 22.6 Å². The van der Waals surface area contributed by atoms with E-state index in [4.69, 9.17) is 0 Å². The molecule has 1 heteroatoms. The molecule has 0 aliphatic heterocycles. The standard InChI is InChI=1S/C13H27I/c1-13(2)11-9-7-5-3-4-6-8-10-12-14/h13H,3-12H2,1-2H3. The SMILES string of the molecule is CC(C)CCCCCCCCCCI. The Labute approximate surface area is 104 Å². The van der Waals surface area contributed by atoms with Gasteiger partial charge in [0.05, 0.1) is 0 Å². The van der Waals surface area contributed by atoms with Gasteiger partial charge in [0.15, 0.2) is 0 Å².